The van der Waals surface area contributed by atoms with E-state index in [0.29, 0.717) is 12.2 Å². The molecule has 5 rings (SSSR count). The Kier molecular flexibility index (Phi) is 3.11. The molecule has 0 saturated carbocycles. The molecule has 2 N–H and O–H groups in total. The van der Waals surface area contributed by atoms with E-state index in [2.05, 4.69) is 18.0 Å². The van der Waals surface area contributed by atoms with Gasteiger partial charge in [-0.05, 0) is 26.4 Å². The van der Waals surface area contributed by atoms with Crippen LogP contribution in [0.25, 0.3) is 0 Å². The molecule has 0 amide bonds. The fourth-order valence-corrected chi connectivity index (χ4v) is 6.00. The minimum Gasteiger partial charge on any atom is -0.504 e. The van der Waals surface area contributed by atoms with Gasteiger partial charge in [0.2, 0.25) is 0 Å². The van der Waals surface area contributed by atoms with E-state index in [1.807, 2.05) is 0 Å². The second kappa shape index (κ2) is 4.94. The lowest BCUT2D eigenvalue weighted by molar-refractivity contribution is -0.0454. The number of benzene rings is 1. The highest BCUT2D eigenvalue weighted by Gasteiger charge is 2.64. The van der Waals surface area contributed by atoms with E-state index in [1.165, 1.54) is 6.07 Å². The number of aliphatic hydroxyl groups is 1. The highest BCUT2D eigenvalue weighted by molar-refractivity contribution is 7.86. The lowest BCUT2D eigenvalue weighted by Crippen LogP contribution is -2.64. The number of aliphatic hydroxyl groups excluding tert-OH is 1. The second-order valence-corrected chi connectivity index (χ2v) is 9.42. The summed E-state index contributed by atoms with van der Waals surface area (Å²) in [6, 6.07) is 1.47. The van der Waals surface area contributed by atoms with Crippen molar-refractivity contribution in [1.29, 1.82) is 0 Å². The molecule has 2 aliphatic heterocycles. The zero-order valence-electron chi connectivity index (χ0n) is 14.5. The molecule has 4 aliphatic rings. The zero-order chi connectivity index (χ0) is 18.4. The summed E-state index contributed by atoms with van der Waals surface area (Å²) >= 11 is 0. The predicted octanol–water partition coefficient (Wildman–Crippen LogP) is 0.536. The molecule has 26 heavy (non-hydrogen) atoms. The average molecular weight is 379 g/mol. The smallest absolute Gasteiger partial charge is 0.306 e. The van der Waals surface area contributed by atoms with Crippen LogP contribution in [0.3, 0.4) is 0 Å². The van der Waals surface area contributed by atoms with Gasteiger partial charge in [-0.1, -0.05) is 12.2 Å². The Morgan fingerprint density at radius 2 is 2.15 bits per heavy atom. The molecule has 7 nitrogen and oxygen atoms in total. The third-order valence-corrected chi connectivity index (χ3v) is 6.96. The maximum absolute atomic E-state index is 11.7. The summed E-state index contributed by atoms with van der Waals surface area (Å²) in [6.45, 7) is 0.846. The SMILES string of the molecule is CN1CC[C@]23c4c5c(OS(C)(=O)=O)cc(O)c4O[C@H]2[C@@H](O)C=C[C@H]3[C@H]1C5. The Labute approximate surface area is 152 Å². The predicted molar refractivity (Wildman–Crippen MR) is 93.0 cm³/mol. The van der Waals surface area contributed by atoms with E-state index in [1.54, 1.807) is 6.08 Å². The van der Waals surface area contributed by atoms with E-state index in [9.17, 15) is 18.6 Å². The van der Waals surface area contributed by atoms with Crippen molar-refractivity contribution in [3.63, 3.8) is 0 Å². The van der Waals surface area contributed by atoms with Gasteiger partial charge in [-0.2, -0.15) is 8.42 Å². The molecule has 0 radical (unpaired) electrons. The fourth-order valence-electron chi connectivity index (χ4n) is 5.53. The molecule has 1 fully saturated rings. The van der Waals surface area contributed by atoms with E-state index in [-0.39, 0.29) is 23.5 Å². The highest BCUT2D eigenvalue weighted by atomic mass is 32.2. The molecule has 0 aromatic heterocycles. The number of piperidine rings is 1. The van der Waals surface area contributed by atoms with E-state index in [0.717, 1.165) is 30.3 Å². The summed E-state index contributed by atoms with van der Waals surface area (Å²) in [6.07, 6.45) is 4.94. The number of hydrogen-bond donors (Lipinski definition) is 2. The summed E-state index contributed by atoms with van der Waals surface area (Å²) in [4.78, 5) is 2.27. The molecule has 2 aliphatic carbocycles. The first-order chi connectivity index (χ1) is 12.2. The van der Waals surface area contributed by atoms with Gasteiger partial charge in [0.15, 0.2) is 11.5 Å². The number of phenolic OH excluding ortho intramolecular Hbond substituents is 1. The van der Waals surface area contributed by atoms with Gasteiger partial charge in [0, 0.05) is 34.6 Å². The van der Waals surface area contributed by atoms with Gasteiger partial charge < -0.3 is 24.0 Å². The lowest BCUT2D eigenvalue weighted by atomic mass is 9.53. The van der Waals surface area contributed by atoms with Crippen molar-refractivity contribution < 1.29 is 27.6 Å². The molecular weight excluding hydrogens is 358 g/mol. The monoisotopic (exact) mass is 379 g/mol. The minimum atomic E-state index is -3.74. The number of likely N-dealkylation sites (N-methyl/N-ethyl adjacent to an activating group) is 1. The van der Waals surface area contributed by atoms with Crippen LogP contribution in [0.5, 0.6) is 17.2 Å². The normalized spacial score (nSPS) is 37.2. The number of hydrogen-bond acceptors (Lipinski definition) is 7. The first kappa shape index (κ1) is 16.4. The van der Waals surface area contributed by atoms with Crippen LogP contribution < -0.4 is 8.92 Å². The Balaban J connectivity index is 1.81. The zero-order valence-corrected chi connectivity index (χ0v) is 15.4. The first-order valence-electron chi connectivity index (χ1n) is 8.74. The van der Waals surface area contributed by atoms with E-state index < -0.39 is 27.7 Å². The van der Waals surface area contributed by atoms with Crippen LogP contribution in [0.1, 0.15) is 17.5 Å². The Bertz CT molecular complexity index is 941. The lowest BCUT2D eigenvalue weighted by Gasteiger charge is -2.56. The van der Waals surface area contributed by atoms with Gasteiger partial charge in [0.05, 0.1) is 6.26 Å². The van der Waals surface area contributed by atoms with Crippen LogP contribution in [-0.4, -0.2) is 61.6 Å². The van der Waals surface area contributed by atoms with Crippen molar-refractivity contribution in [2.24, 2.45) is 5.92 Å². The van der Waals surface area contributed by atoms with Crippen LogP contribution in [0.15, 0.2) is 18.2 Å². The molecule has 1 saturated heterocycles. The van der Waals surface area contributed by atoms with Gasteiger partial charge in [0.25, 0.3) is 0 Å². The van der Waals surface area contributed by atoms with Crippen LogP contribution in [0, 0.1) is 5.92 Å². The molecule has 140 valence electrons. The van der Waals surface area contributed by atoms with Gasteiger partial charge in [-0.25, -0.2) is 0 Å². The quantitative estimate of drug-likeness (QED) is 0.572. The van der Waals surface area contributed by atoms with Crippen LogP contribution in [-0.2, 0) is 22.0 Å². The number of phenols is 1. The van der Waals surface area contributed by atoms with Crippen LogP contribution >= 0.6 is 0 Å². The summed E-state index contributed by atoms with van der Waals surface area (Å²) in [7, 11) is -1.67. The Morgan fingerprint density at radius 3 is 2.88 bits per heavy atom. The van der Waals surface area contributed by atoms with Crippen molar-refractivity contribution in [3.8, 4) is 17.2 Å². The number of nitrogens with zero attached hydrogens (tertiary/aromatic N) is 1. The summed E-state index contributed by atoms with van der Waals surface area (Å²) < 4.78 is 34.8. The highest BCUT2D eigenvalue weighted by Crippen LogP contribution is 2.63. The van der Waals surface area contributed by atoms with Crippen molar-refractivity contribution in [3.05, 3.63) is 29.3 Å². The number of likely N-dealkylation sites (tertiary alicyclic amines) is 1. The third-order valence-electron chi connectivity index (χ3n) is 6.48. The first-order valence-corrected chi connectivity index (χ1v) is 10.6. The molecule has 1 spiro atoms. The molecule has 0 unspecified atom stereocenters. The standard InChI is InChI=1S/C18H21NO6S/c1-19-6-5-18-10-3-4-12(20)17(18)24-16-13(21)8-14(25-26(2,22)23)9(15(16)18)7-11(10)19/h3-4,8,10-12,17,20-21H,5-7H2,1-2H3/t10-,11+,12-,17-,18-/m0/s1. The van der Waals surface area contributed by atoms with E-state index >= 15 is 0 Å². The fraction of sp³-hybridized carbons (Fsp3) is 0.556. The van der Waals surface area contributed by atoms with Crippen molar-refractivity contribution in [1.82, 2.24) is 4.90 Å². The number of ether oxygens (including phenoxy) is 1. The molecular formula is C18H21NO6S. The number of aromatic hydroxyl groups is 1. The van der Waals surface area contributed by atoms with Crippen molar-refractivity contribution in [2.75, 3.05) is 19.8 Å². The van der Waals surface area contributed by atoms with Crippen molar-refractivity contribution >= 4 is 10.1 Å². The largest absolute Gasteiger partial charge is 0.504 e. The van der Waals surface area contributed by atoms with Gasteiger partial charge >= 0.3 is 10.1 Å². The molecule has 1 aromatic rings. The number of rotatable bonds is 2. The topological polar surface area (TPSA) is 96.3 Å². The summed E-state index contributed by atoms with van der Waals surface area (Å²) in [5, 5.41) is 21.1. The Morgan fingerprint density at radius 1 is 1.38 bits per heavy atom. The van der Waals surface area contributed by atoms with E-state index in [4.69, 9.17) is 8.92 Å². The Hall–Kier alpha value is -1.77. The molecule has 8 heteroatoms. The van der Waals surface area contributed by atoms with Gasteiger partial charge in [0.1, 0.15) is 18.0 Å². The molecule has 2 heterocycles. The minimum absolute atomic E-state index is 0.135. The van der Waals surface area contributed by atoms with Crippen LogP contribution in [0.4, 0.5) is 0 Å². The maximum Gasteiger partial charge on any atom is 0.306 e. The summed E-state index contributed by atoms with van der Waals surface area (Å²) in [5.41, 5.74) is 1.11. The van der Waals surface area contributed by atoms with Gasteiger partial charge in [-0.15, -0.1) is 0 Å². The molecule has 5 atom stereocenters. The van der Waals surface area contributed by atoms with Crippen LogP contribution in [0.2, 0.25) is 0 Å². The molecule has 2 bridgehead atoms. The second-order valence-electron chi connectivity index (χ2n) is 7.85. The average Bonchev–Trinajstić information content (AvgIpc) is 2.89. The summed E-state index contributed by atoms with van der Waals surface area (Å²) in [5.74, 6) is 0.516. The van der Waals surface area contributed by atoms with Gasteiger partial charge in [-0.3, -0.25) is 0 Å². The maximum atomic E-state index is 11.7. The van der Waals surface area contributed by atoms with Crippen molar-refractivity contribution in [2.45, 2.75) is 36.5 Å². The molecule has 1 aromatic carbocycles. The third kappa shape index (κ3) is 1.92.